The van der Waals surface area contributed by atoms with E-state index in [0.717, 1.165) is 32.1 Å². The number of rotatable bonds is 7. The van der Waals surface area contributed by atoms with Crippen molar-refractivity contribution in [2.45, 2.75) is 44.4 Å². The number of carboxylic acids is 1. The summed E-state index contributed by atoms with van der Waals surface area (Å²) in [5.41, 5.74) is 4.42. The summed E-state index contributed by atoms with van der Waals surface area (Å²) in [5, 5.41) is 12.0. The summed E-state index contributed by atoms with van der Waals surface area (Å²) < 4.78 is 5.69. The molecule has 2 aliphatic carbocycles. The summed E-state index contributed by atoms with van der Waals surface area (Å²) in [6.45, 7) is 1.22. The summed E-state index contributed by atoms with van der Waals surface area (Å²) in [5.74, 6) is -1.32. The van der Waals surface area contributed by atoms with Gasteiger partial charge in [-0.1, -0.05) is 67.8 Å². The fourth-order valence-electron chi connectivity index (χ4n) is 5.90. The van der Waals surface area contributed by atoms with Gasteiger partial charge in [-0.25, -0.2) is 4.79 Å². The Hall–Kier alpha value is -3.35. The molecule has 0 unspecified atom stereocenters. The summed E-state index contributed by atoms with van der Waals surface area (Å²) in [6.07, 6.45) is 4.81. The highest BCUT2D eigenvalue weighted by atomic mass is 16.5. The minimum Gasteiger partial charge on any atom is -0.481 e. The number of likely N-dealkylation sites (tertiary alicyclic amines) is 1. The topological polar surface area (TPSA) is 95.9 Å². The van der Waals surface area contributed by atoms with Crippen molar-refractivity contribution in [2.75, 3.05) is 26.2 Å². The molecule has 0 radical (unpaired) electrons. The lowest BCUT2D eigenvalue weighted by molar-refractivity contribution is -0.153. The van der Waals surface area contributed by atoms with Crippen molar-refractivity contribution in [2.24, 2.45) is 11.3 Å². The van der Waals surface area contributed by atoms with Crippen molar-refractivity contribution in [3.05, 3.63) is 59.7 Å². The summed E-state index contributed by atoms with van der Waals surface area (Å²) in [6, 6.07) is 16.5. The number of nitrogens with zero attached hydrogens (tertiary/aromatic N) is 1. The van der Waals surface area contributed by atoms with E-state index in [4.69, 9.17) is 9.84 Å². The highest BCUT2D eigenvalue weighted by molar-refractivity contribution is 5.82. The lowest BCUT2D eigenvalue weighted by Crippen LogP contribution is -2.54. The van der Waals surface area contributed by atoms with Gasteiger partial charge in [-0.2, -0.15) is 0 Å². The van der Waals surface area contributed by atoms with Gasteiger partial charge in [0.25, 0.3) is 0 Å². The number of nitrogens with one attached hydrogen (secondary N) is 1. The number of carbonyl (C=O) groups excluding carboxylic acids is 2. The molecule has 1 saturated heterocycles. The van der Waals surface area contributed by atoms with Crippen LogP contribution in [0.25, 0.3) is 11.1 Å². The van der Waals surface area contributed by atoms with Gasteiger partial charge in [0.05, 0.1) is 5.92 Å². The SMILES string of the molecule is O=C(NCC1(CC(=O)N2CC(C(=O)O)C2)CCCCC1)OCC1c2ccccc2-c2ccccc21. The lowest BCUT2D eigenvalue weighted by atomic mass is 9.71. The van der Waals surface area contributed by atoms with Crippen molar-refractivity contribution in [3.63, 3.8) is 0 Å². The average Bonchev–Trinajstić information content (AvgIpc) is 3.14. The van der Waals surface area contributed by atoms with Gasteiger partial charge >= 0.3 is 12.1 Å². The number of aliphatic carboxylic acids is 1. The predicted octanol–water partition coefficient (Wildman–Crippen LogP) is 4.41. The second-order valence-corrected chi connectivity index (χ2v) is 10.3. The Morgan fingerprint density at radius 1 is 0.943 bits per heavy atom. The summed E-state index contributed by atoms with van der Waals surface area (Å²) >= 11 is 0. The first kappa shape index (κ1) is 23.4. The molecule has 0 atom stereocenters. The van der Waals surface area contributed by atoms with Crippen LogP contribution in [0, 0.1) is 11.3 Å². The maximum atomic E-state index is 12.8. The molecular formula is C28H32N2O5. The molecular weight excluding hydrogens is 444 g/mol. The second kappa shape index (κ2) is 9.72. The standard InChI is InChI=1S/C28H32N2O5/c31-25(30-15-19(16-30)26(32)33)14-28(12-6-1-7-13-28)18-29-27(34)35-17-24-22-10-4-2-8-20(22)21-9-3-5-11-23(21)24/h2-5,8-11,19,24H,1,6-7,12-18H2,(H,29,34)(H,32,33). The van der Waals surface area contributed by atoms with E-state index in [1.807, 2.05) is 24.3 Å². The Labute approximate surface area is 205 Å². The number of hydrogen-bond acceptors (Lipinski definition) is 4. The van der Waals surface area contributed by atoms with Crippen LogP contribution in [-0.4, -0.2) is 54.2 Å². The van der Waals surface area contributed by atoms with E-state index in [1.165, 1.54) is 22.3 Å². The number of carboxylic acid groups (broad SMARTS) is 1. The van der Waals surface area contributed by atoms with Gasteiger partial charge in [0.1, 0.15) is 6.61 Å². The molecule has 1 saturated carbocycles. The monoisotopic (exact) mass is 476 g/mol. The van der Waals surface area contributed by atoms with Crippen LogP contribution in [0.1, 0.15) is 55.6 Å². The van der Waals surface area contributed by atoms with Crippen molar-refractivity contribution >= 4 is 18.0 Å². The summed E-state index contributed by atoms with van der Waals surface area (Å²) in [7, 11) is 0. The largest absolute Gasteiger partial charge is 0.481 e. The molecule has 2 N–H and O–H groups in total. The zero-order chi connectivity index (χ0) is 24.4. The van der Waals surface area contributed by atoms with Crippen molar-refractivity contribution in [3.8, 4) is 11.1 Å². The molecule has 35 heavy (non-hydrogen) atoms. The van der Waals surface area contributed by atoms with Crippen LogP contribution >= 0.6 is 0 Å². The molecule has 2 amide bonds. The molecule has 0 bridgehead atoms. The Morgan fingerprint density at radius 3 is 2.14 bits per heavy atom. The van der Waals surface area contributed by atoms with E-state index < -0.39 is 18.0 Å². The van der Waals surface area contributed by atoms with E-state index in [2.05, 4.69) is 29.6 Å². The van der Waals surface area contributed by atoms with Crippen LogP contribution in [0.15, 0.2) is 48.5 Å². The Kier molecular flexibility index (Phi) is 6.50. The molecule has 7 nitrogen and oxygen atoms in total. The van der Waals surface area contributed by atoms with E-state index in [0.29, 0.717) is 13.0 Å². The molecule has 3 aliphatic rings. The normalized spacial score (nSPS) is 18.8. The first-order chi connectivity index (χ1) is 17.0. The number of carbonyl (C=O) groups is 3. The Balaban J connectivity index is 1.18. The molecule has 5 rings (SSSR count). The molecule has 7 heteroatoms. The fraction of sp³-hybridized carbons (Fsp3) is 0.464. The van der Waals surface area contributed by atoms with Crippen LogP contribution in [0.3, 0.4) is 0 Å². The van der Waals surface area contributed by atoms with Crippen LogP contribution in [-0.2, 0) is 14.3 Å². The average molecular weight is 477 g/mol. The minimum absolute atomic E-state index is 0.00645. The molecule has 2 aromatic carbocycles. The minimum atomic E-state index is -0.849. The van der Waals surface area contributed by atoms with E-state index >= 15 is 0 Å². The van der Waals surface area contributed by atoms with Crippen LogP contribution in [0.5, 0.6) is 0 Å². The molecule has 2 fully saturated rings. The molecule has 2 aromatic rings. The number of fused-ring (bicyclic) bond motifs is 3. The molecule has 1 aliphatic heterocycles. The quantitative estimate of drug-likeness (QED) is 0.617. The van der Waals surface area contributed by atoms with Gasteiger partial charge in [0.15, 0.2) is 0 Å². The molecule has 0 spiro atoms. The number of ether oxygens (including phenoxy) is 1. The number of hydrogen-bond donors (Lipinski definition) is 2. The highest BCUT2D eigenvalue weighted by Crippen LogP contribution is 2.44. The van der Waals surface area contributed by atoms with E-state index in [9.17, 15) is 14.4 Å². The van der Waals surface area contributed by atoms with Gasteiger partial charge in [-0.05, 0) is 40.5 Å². The summed E-state index contributed by atoms with van der Waals surface area (Å²) in [4.78, 5) is 38.3. The van der Waals surface area contributed by atoms with E-state index in [1.54, 1.807) is 4.90 Å². The number of alkyl carbamates (subject to hydrolysis) is 1. The van der Waals surface area contributed by atoms with E-state index in [-0.39, 0.29) is 36.9 Å². The van der Waals surface area contributed by atoms with Gasteiger partial charge < -0.3 is 20.1 Å². The molecule has 184 valence electrons. The maximum Gasteiger partial charge on any atom is 0.407 e. The Morgan fingerprint density at radius 2 is 1.54 bits per heavy atom. The van der Waals surface area contributed by atoms with Crippen molar-refractivity contribution in [1.29, 1.82) is 0 Å². The third-order valence-corrected chi connectivity index (χ3v) is 7.98. The Bertz CT molecular complexity index is 1070. The molecule has 1 heterocycles. The van der Waals surface area contributed by atoms with Crippen LogP contribution in [0.4, 0.5) is 4.79 Å². The third-order valence-electron chi connectivity index (χ3n) is 7.98. The smallest absolute Gasteiger partial charge is 0.407 e. The zero-order valence-electron chi connectivity index (χ0n) is 19.9. The van der Waals surface area contributed by atoms with Gasteiger partial charge in [-0.3, -0.25) is 9.59 Å². The van der Waals surface area contributed by atoms with Crippen molar-refractivity contribution < 1.29 is 24.2 Å². The van der Waals surface area contributed by atoms with Crippen LogP contribution in [0.2, 0.25) is 0 Å². The van der Waals surface area contributed by atoms with Gasteiger partial charge in [0.2, 0.25) is 5.91 Å². The second-order valence-electron chi connectivity index (χ2n) is 10.3. The number of benzene rings is 2. The van der Waals surface area contributed by atoms with Crippen molar-refractivity contribution in [1.82, 2.24) is 10.2 Å². The molecule has 0 aromatic heterocycles. The lowest BCUT2D eigenvalue weighted by Gasteiger charge is -2.42. The first-order valence-corrected chi connectivity index (χ1v) is 12.6. The highest BCUT2D eigenvalue weighted by Gasteiger charge is 2.41. The predicted molar refractivity (Wildman–Crippen MR) is 131 cm³/mol. The number of amides is 2. The fourth-order valence-corrected chi connectivity index (χ4v) is 5.90. The van der Waals surface area contributed by atoms with Crippen LogP contribution < -0.4 is 5.32 Å². The zero-order valence-corrected chi connectivity index (χ0v) is 19.9. The third kappa shape index (κ3) is 4.77. The first-order valence-electron chi connectivity index (χ1n) is 12.6. The van der Waals surface area contributed by atoms with Gasteiger partial charge in [-0.15, -0.1) is 0 Å². The van der Waals surface area contributed by atoms with Gasteiger partial charge in [0, 0.05) is 32.0 Å². The maximum absolute atomic E-state index is 12.8.